The average Bonchev–Trinajstić information content (AvgIpc) is 2.77. The summed E-state index contributed by atoms with van der Waals surface area (Å²) < 4.78 is 15.2. The van der Waals surface area contributed by atoms with Crippen LogP contribution in [0.25, 0.3) is 10.8 Å². The zero-order valence-corrected chi connectivity index (χ0v) is 17.9. The maximum atomic E-state index is 12.2. The predicted octanol–water partition coefficient (Wildman–Crippen LogP) is 4.40. The van der Waals surface area contributed by atoms with Gasteiger partial charge in [-0.2, -0.15) is 0 Å². The number of amides is 1. The van der Waals surface area contributed by atoms with Crippen LogP contribution in [0.3, 0.4) is 0 Å². The van der Waals surface area contributed by atoms with Gasteiger partial charge in [-0.25, -0.2) is 14.4 Å². The number of unbranched alkanes of at least 4 members (excludes halogenated alkanes) is 3. The summed E-state index contributed by atoms with van der Waals surface area (Å²) in [7, 11) is 0. The second kappa shape index (κ2) is 13.1. The maximum absolute atomic E-state index is 12.2. The minimum absolute atomic E-state index is 0.0682. The molecule has 0 heterocycles. The van der Waals surface area contributed by atoms with Crippen molar-refractivity contribution in [2.45, 2.75) is 32.6 Å². The van der Waals surface area contributed by atoms with E-state index in [0.29, 0.717) is 24.4 Å². The Labute approximate surface area is 182 Å². The van der Waals surface area contributed by atoms with Crippen molar-refractivity contribution in [2.75, 3.05) is 26.4 Å². The molecule has 2 aromatic rings. The van der Waals surface area contributed by atoms with Crippen molar-refractivity contribution in [3.8, 4) is 0 Å². The number of rotatable bonds is 12. The highest BCUT2D eigenvalue weighted by Gasteiger charge is 2.08. The van der Waals surface area contributed by atoms with Gasteiger partial charge in [0.05, 0.1) is 25.3 Å². The lowest BCUT2D eigenvalue weighted by atomic mass is 10.1. The first kappa shape index (κ1) is 23.9. The van der Waals surface area contributed by atoms with E-state index in [4.69, 9.17) is 14.2 Å². The van der Waals surface area contributed by atoms with Crippen LogP contribution < -0.4 is 5.32 Å². The van der Waals surface area contributed by atoms with E-state index in [1.54, 1.807) is 13.0 Å². The SMILES string of the molecule is C=C(C)C(=O)OCCNC(=O)OCCCCCCOC(=O)c1ccc2ccccc2c1. The van der Waals surface area contributed by atoms with Gasteiger partial charge in [0, 0.05) is 5.57 Å². The Balaban J connectivity index is 1.48. The molecule has 7 heteroatoms. The summed E-state index contributed by atoms with van der Waals surface area (Å²) in [6, 6.07) is 13.4. The van der Waals surface area contributed by atoms with Crippen LogP contribution >= 0.6 is 0 Å². The quantitative estimate of drug-likeness (QED) is 0.234. The molecule has 31 heavy (non-hydrogen) atoms. The fraction of sp³-hybridized carbons (Fsp3) is 0.375. The Bertz CT molecular complexity index is 908. The van der Waals surface area contributed by atoms with Crippen molar-refractivity contribution in [1.29, 1.82) is 0 Å². The Kier molecular flexibility index (Phi) is 10.1. The fourth-order valence-electron chi connectivity index (χ4n) is 2.76. The standard InChI is InChI=1S/C24H29NO6/c1-18(2)22(26)30-16-13-25-24(28)31-15-8-4-3-7-14-29-23(27)21-12-11-19-9-5-6-10-20(19)17-21/h5-6,9-12,17H,1,3-4,7-8,13-16H2,2H3,(H,25,28). The van der Waals surface area contributed by atoms with Crippen LogP contribution in [0.4, 0.5) is 4.79 Å². The molecule has 166 valence electrons. The van der Waals surface area contributed by atoms with Crippen LogP contribution in [0.15, 0.2) is 54.6 Å². The molecule has 0 saturated carbocycles. The van der Waals surface area contributed by atoms with Crippen molar-refractivity contribution < 1.29 is 28.6 Å². The van der Waals surface area contributed by atoms with Gasteiger partial charge in [-0.3, -0.25) is 0 Å². The van der Waals surface area contributed by atoms with Crippen molar-refractivity contribution in [3.63, 3.8) is 0 Å². The van der Waals surface area contributed by atoms with Crippen LogP contribution in [-0.2, 0) is 19.0 Å². The second-order valence-electron chi connectivity index (χ2n) is 7.09. The van der Waals surface area contributed by atoms with Crippen molar-refractivity contribution in [1.82, 2.24) is 5.32 Å². The Morgan fingerprint density at radius 3 is 2.23 bits per heavy atom. The van der Waals surface area contributed by atoms with Gasteiger partial charge < -0.3 is 19.5 Å². The van der Waals surface area contributed by atoms with E-state index in [-0.39, 0.29) is 19.1 Å². The number of hydrogen-bond acceptors (Lipinski definition) is 6. The molecule has 0 aliphatic heterocycles. The number of hydrogen-bond donors (Lipinski definition) is 1. The number of esters is 2. The number of nitrogens with one attached hydrogen (secondary N) is 1. The van der Waals surface area contributed by atoms with Gasteiger partial charge >= 0.3 is 18.0 Å². The van der Waals surface area contributed by atoms with Gasteiger partial charge in [0.25, 0.3) is 0 Å². The van der Waals surface area contributed by atoms with E-state index >= 15 is 0 Å². The fourth-order valence-corrected chi connectivity index (χ4v) is 2.76. The van der Waals surface area contributed by atoms with Crippen molar-refractivity contribution in [3.05, 3.63) is 60.2 Å². The van der Waals surface area contributed by atoms with Gasteiger partial charge in [0.2, 0.25) is 0 Å². The third-order valence-corrected chi connectivity index (χ3v) is 4.44. The normalized spacial score (nSPS) is 10.4. The second-order valence-corrected chi connectivity index (χ2v) is 7.09. The molecule has 2 rings (SSSR count). The molecular weight excluding hydrogens is 398 g/mol. The third-order valence-electron chi connectivity index (χ3n) is 4.44. The number of carbonyl (C=O) groups is 3. The summed E-state index contributed by atoms with van der Waals surface area (Å²) in [5.74, 6) is -0.808. The molecule has 0 aliphatic carbocycles. The van der Waals surface area contributed by atoms with Gasteiger partial charge in [-0.1, -0.05) is 36.9 Å². The van der Waals surface area contributed by atoms with E-state index in [1.807, 2.05) is 36.4 Å². The van der Waals surface area contributed by atoms with Crippen molar-refractivity contribution >= 4 is 28.8 Å². The molecule has 0 radical (unpaired) electrons. The van der Waals surface area contributed by atoms with E-state index < -0.39 is 12.1 Å². The number of carbonyl (C=O) groups excluding carboxylic acids is 3. The average molecular weight is 427 g/mol. The molecule has 0 spiro atoms. The molecule has 0 fully saturated rings. The Hall–Kier alpha value is -3.35. The van der Waals surface area contributed by atoms with E-state index in [0.717, 1.165) is 36.5 Å². The minimum atomic E-state index is -0.546. The Morgan fingerprint density at radius 1 is 0.839 bits per heavy atom. The monoisotopic (exact) mass is 427 g/mol. The minimum Gasteiger partial charge on any atom is -0.462 e. The highest BCUT2D eigenvalue weighted by atomic mass is 16.6. The summed E-state index contributed by atoms with van der Waals surface area (Å²) in [5, 5.41) is 4.59. The Morgan fingerprint density at radius 2 is 1.52 bits per heavy atom. The van der Waals surface area contributed by atoms with Crippen LogP contribution in [0, 0.1) is 0 Å². The summed E-state index contributed by atoms with van der Waals surface area (Å²) >= 11 is 0. The van der Waals surface area contributed by atoms with E-state index in [1.165, 1.54) is 0 Å². The lowest BCUT2D eigenvalue weighted by Crippen LogP contribution is -2.29. The molecule has 1 amide bonds. The molecule has 0 aliphatic rings. The topological polar surface area (TPSA) is 90.9 Å². The van der Waals surface area contributed by atoms with Crippen LogP contribution in [0.2, 0.25) is 0 Å². The number of alkyl carbamates (subject to hydrolysis) is 1. The molecule has 0 saturated heterocycles. The van der Waals surface area contributed by atoms with E-state index in [2.05, 4.69) is 11.9 Å². The predicted molar refractivity (Wildman–Crippen MR) is 118 cm³/mol. The molecule has 1 N–H and O–H groups in total. The van der Waals surface area contributed by atoms with Gasteiger partial charge in [0.15, 0.2) is 0 Å². The molecule has 2 aromatic carbocycles. The first-order valence-electron chi connectivity index (χ1n) is 10.4. The van der Waals surface area contributed by atoms with Gasteiger partial charge in [-0.05, 0) is 55.5 Å². The number of fused-ring (bicyclic) bond motifs is 1. The van der Waals surface area contributed by atoms with E-state index in [9.17, 15) is 14.4 Å². The van der Waals surface area contributed by atoms with Crippen LogP contribution in [0.5, 0.6) is 0 Å². The largest absolute Gasteiger partial charge is 0.462 e. The first-order valence-corrected chi connectivity index (χ1v) is 10.4. The van der Waals surface area contributed by atoms with Crippen LogP contribution in [0.1, 0.15) is 43.0 Å². The highest BCUT2D eigenvalue weighted by molar-refractivity contribution is 5.95. The zero-order valence-electron chi connectivity index (χ0n) is 17.9. The lowest BCUT2D eigenvalue weighted by Gasteiger charge is -2.08. The molecule has 0 bridgehead atoms. The number of benzene rings is 2. The molecule has 0 atom stereocenters. The van der Waals surface area contributed by atoms with Crippen LogP contribution in [-0.4, -0.2) is 44.4 Å². The highest BCUT2D eigenvalue weighted by Crippen LogP contribution is 2.16. The van der Waals surface area contributed by atoms with Gasteiger partial charge in [-0.15, -0.1) is 0 Å². The lowest BCUT2D eigenvalue weighted by molar-refractivity contribution is -0.138. The summed E-state index contributed by atoms with van der Waals surface area (Å²) in [4.78, 5) is 34.8. The molecule has 7 nitrogen and oxygen atoms in total. The van der Waals surface area contributed by atoms with Crippen molar-refractivity contribution in [2.24, 2.45) is 0 Å². The zero-order chi connectivity index (χ0) is 22.5. The molecular formula is C24H29NO6. The summed E-state index contributed by atoms with van der Waals surface area (Å²) in [6.07, 6.45) is 2.65. The number of ether oxygens (including phenoxy) is 3. The summed E-state index contributed by atoms with van der Waals surface area (Å²) in [5.41, 5.74) is 0.860. The first-order chi connectivity index (χ1) is 15.0. The molecule has 0 unspecified atom stereocenters. The summed E-state index contributed by atoms with van der Waals surface area (Å²) in [6.45, 7) is 5.93. The maximum Gasteiger partial charge on any atom is 0.407 e. The smallest absolute Gasteiger partial charge is 0.407 e. The third kappa shape index (κ3) is 8.90. The van der Waals surface area contributed by atoms with Gasteiger partial charge in [0.1, 0.15) is 6.61 Å². The molecule has 0 aromatic heterocycles.